The first-order valence-electron chi connectivity index (χ1n) is 11.8. The van der Waals surface area contributed by atoms with Crippen LogP contribution in [0.2, 0.25) is 0 Å². The van der Waals surface area contributed by atoms with E-state index in [9.17, 15) is 13.2 Å². The van der Waals surface area contributed by atoms with Gasteiger partial charge in [-0.2, -0.15) is 4.31 Å². The predicted molar refractivity (Wildman–Crippen MR) is 132 cm³/mol. The number of piperazine rings is 1. The largest absolute Gasteiger partial charge is 0.369 e. The molecule has 1 N–H and O–H groups in total. The van der Waals surface area contributed by atoms with Crippen molar-refractivity contribution in [3.63, 3.8) is 0 Å². The van der Waals surface area contributed by atoms with Gasteiger partial charge in [0, 0.05) is 56.6 Å². The van der Waals surface area contributed by atoms with Gasteiger partial charge in [-0.3, -0.25) is 4.79 Å². The van der Waals surface area contributed by atoms with Gasteiger partial charge >= 0.3 is 0 Å². The predicted octanol–water partition coefficient (Wildman–Crippen LogP) is 3.18. The molecule has 2 aliphatic rings. The number of nitrogens with one attached hydrogen (secondary N) is 1. The third kappa shape index (κ3) is 5.39. The molecule has 0 radical (unpaired) electrons. The zero-order valence-corrected chi connectivity index (χ0v) is 20.4. The van der Waals surface area contributed by atoms with Crippen molar-refractivity contribution < 1.29 is 13.2 Å². The zero-order chi connectivity index (χ0) is 23.4. The summed E-state index contributed by atoms with van der Waals surface area (Å²) in [5.74, 6) is -0.218. The van der Waals surface area contributed by atoms with Crippen LogP contribution in [0.25, 0.3) is 0 Å². The summed E-state index contributed by atoms with van der Waals surface area (Å²) in [5, 5.41) is 3.05. The first-order valence-corrected chi connectivity index (χ1v) is 13.3. The molecule has 2 heterocycles. The van der Waals surface area contributed by atoms with Gasteiger partial charge in [-0.15, -0.1) is 0 Å². The van der Waals surface area contributed by atoms with Gasteiger partial charge in [-0.25, -0.2) is 8.42 Å². The molecule has 178 valence electrons. The number of nitrogens with zero attached hydrogens (tertiary/aromatic N) is 3. The van der Waals surface area contributed by atoms with E-state index in [1.54, 1.807) is 30.3 Å². The SMILES string of the molecule is CCN1CCN(c2ccc(NC(=O)C3CCN(S(=O)(=O)c4ccccc4)CC3)cc2C)CC1. The summed E-state index contributed by atoms with van der Waals surface area (Å²) in [7, 11) is -3.50. The summed E-state index contributed by atoms with van der Waals surface area (Å²) in [5.41, 5.74) is 3.18. The number of amides is 1. The zero-order valence-electron chi connectivity index (χ0n) is 19.5. The molecule has 8 heteroatoms. The van der Waals surface area contributed by atoms with Gasteiger partial charge in [0.15, 0.2) is 0 Å². The highest BCUT2D eigenvalue weighted by Crippen LogP contribution is 2.27. The fraction of sp³-hybridized carbons (Fsp3) is 0.480. The molecular formula is C25H34N4O3S. The van der Waals surface area contributed by atoms with Crippen molar-refractivity contribution in [2.45, 2.75) is 31.6 Å². The summed E-state index contributed by atoms with van der Waals surface area (Å²) in [6.07, 6.45) is 1.05. The smallest absolute Gasteiger partial charge is 0.243 e. The molecule has 2 aliphatic heterocycles. The minimum absolute atomic E-state index is 0.0320. The number of carbonyl (C=O) groups is 1. The fourth-order valence-corrected chi connectivity index (χ4v) is 6.23. The van der Waals surface area contributed by atoms with Crippen LogP contribution in [0.15, 0.2) is 53.4 Å². The van der Waals surface area contributed by atoms with Crippen LogP contribution in [0.1, 0.15) is 25.3 Å². The van der Waals surface area contributed by atoms with Gasteiger partial charge in [0.2, 0.25) is 15.9 Å². The average molecular weight is 471 g/mol. The van der Waals surface area contributed by atoms with Gasteiger partial charge in [-0.1, -0.05) is 25.1 Å². The number of hydrogen-bond donors (Lipinski definition) is 1. The summed E-state index contributed by atoms with van der Waals surface area (Å²) in [6.45, 7) is 10.3. The molecule has 0 spiro atoms. The second-order valence-corrected chi connectivity index (χ2v) is 10.8. The Balaban J connectivity index is 1.32. The monoisotopic (exact) mass is 470 g/mol. The van der Waals surface area contributed by atoms with Crippen LogP contribution in [0.5, 0.6) is 0 Å². The van der Waals surface area contributed by atoms with Crippen LogP contribution in [0.3, 0.4) is 0 Å². The van der Waals surface area contributed by atoms with E-state index in [2.05, 4.69) is 35.0 Å². The summed E-state index contributed by atoms with van der Waals surface area (Å²) in [4.78, 5) is 18.0. The number of aryl methyl sites for hydroxylation is 1. The lowest BCUT2D eigenvalue weighted by Crippen LogP contribution is -2.46. The van der Waals surface area contributed by atoms with E-state index < -0.39 is 10.0 Å². The Bertz CT molecular complexity index is 1060. The second kappa shape index (κ2) is 10.2. The molecule has 7 nitrogen and oxygen atoms in total. The summed E-state index contributed by atoms with van der Waals surface area (Å²) in [6, 6.07) is 14.6. The number of likely N-dealkylation sites (N-methyl/N-ethyl adjacent to an activating group) is 1. The maximum Gasteiger partial charge on any atom is 0.243 e. The Hall–Kier alpha value is -2.42. The van der Waals surface area contributed by atoms with Gasteiger partial charge in [0.1, 0.15) is 0 Å². The molecule has 0 aliphatic carbocycles. The second-order valence-electron chi connectivity index (χ2n) is 8.90. The normalized spacial score (nSPS) is 18.9. The first-order chi connectivity index (χ1) is 15.9. The van der Waals surface area contributed by atoms with Crippen LogP contribution >= 0.6 is 0 Å². The Labute approximate surface area is 197 Å². The lowest BCUT2D eigenvalue weighted by Gasteiger charge is -2.36. The molecule has 0 aromatic heterocycles. The molecule has 0 bridgehead atoms. The molecule has 33 heavy (non-hydrogen) atoms. The molecule has 0 atom stereocenters. The lowest BCUT2D eigenvalue weighted by atomic mass is 9.97. The number of anilines is 2. The van der Waals surface area contributed by atoms with Crippen molar-refractivity contribution in [3.8, 4) is 0 Å². The van der Waals surface area contributed by atoms with Gasteiger partial charge in [-0.05, 0) is 62.2 Å². The van der Waals surface area contributed by atoms with Crippen molar-refractivity contribution >= 4 is 27.3 Å². The Morgan fingerprint density at radius 1 is 0.970 bits per heavy atom. The molecule has 1 amide bonds. The highest BCUT2D eigenvalue weighted by molar-refractivity contribution is 7.89. The quantitative estimate of drug-likeness (QED) is 0.702. The molecule has 0 saturated carbocycles. The topological polar surface area (TPSA) is 73.0 Å². The Morgan fingerprint density at radius 2 is 1.64 bits per heavy atom. The molecular weight excluding hydrogens is 436 g/mol. The van der Waals surface area contributed by atoms with Crippen molar-refractivity contribution in [1.29, 1.82) is 0 Å². The van der Waals surface area contributed by atoms with Gasteiger partial charge < -0.3 is 15.1 Å². The van der Waals surface area contributed by atoms with Crippen LogP contribution in [0.4, 0.5) is 11.4 Å². The molecule has 0 unspecified atom stereocenters. The molecule has 2 aromatic rings. The molecule has 2 saturated heterocycles. The third-order valence-electron chi connectivity index (χ3n) is 6.83. The van der Waals surface area contributed by atoms with Crippen molar-refractivity contribution in [1.82, 2.24) is 9.21 Å². The maximum atomic E-state index is 12.9. The van der Waals surface area contributed by atoms with E-state index in [-0.39, 0.29) is 11.8 Å². The maximum absolute atomic E-state index is 12.9. The van der Waals surface area contributed by atoms with E-state index in [0.717, 1.165) is 44.0 Å². The molecule has 4 rings (SSSR count). The Kier molecular flexibility index (Phi) is 7.36. The first kappa shape index (κ1) is 23.7. The van der Waals surface area contributed by atoms with Crippen molar-refractivity contribution in [3.05, 3.63) is 54.1 Å². The number of carbonyl (C=O) groups excluding carboxylic acids is 1. The van der Waals surface area contributed by atoms with Crippen molar-refractivity contribution in [2.75, 3.05) is 56.0 Å². The lowest BCUT2D eigenvalue weighted by molar-refractivity contribution is -0.120. The number of sulfonamides is 1. The van der Waals surface area contributed by atoms with Crippen molar-refractivity contribution in [2.24, 2.45) is 5.92 Å². The fourth-order valence-electron chi connectivity index (χ4n) is 4.74. The summed E-state index contributed by atoms with van der Waals surface area (Å²) >= 11 is 0. The molecule has 2 fully saturated rings. The minimum atomic E-state index is -3.50. The standard InChI is InChI=1S/C25H34N4O3S/c1-3-27-15-17-28(18-16-27)24-10-9-22(19-20(24)2)26-25(30)21-11-13-29(14-12-21)33(31,32)23-7-5-4-6-8-23/h4-10,19,21H,3,11-18H2,1-2H3,(H,26,30). The highest BCUT2D eigenvalue weighted by atomic mass is 32.2. The number of rotatable bonds is 6. The van der Waals surface area contributed by atoms with Crippen LogP contribution < -0.4 is 10.2 Å². The number of benzene rings is 2. The number of piperidine rings is 1. The van der Waals surface area contributed by atoms with Gasteiger partial charge in [0.25, 0.3) is 0 Å². The Morgan fingerprint density at radius 3 is 2.24 bits per heavy atom. The van der Waals surface area contributed by atoms with E-state index in [1.165, 1.54) is 9.99 Å². The highest BCUT2D eigenvalue weighted by Gasteiger charge is 2.32. The average Bonchev–Trinajstić information content (AvgIpc) is 2.85. The van der Waals surface area contributed by atoms with E-state index in [4.69, 9.17) is 0 Å². The van der Waals surface area contributed by atoms with E-state index in [1.807, 2.05) is 12.1 Å². The number of hydrogen-bond acceptors (Lipinski definition) is 5. The van der Waals surface area contributed by atoms with Gasteiger partial charge in [0.05, 0.1) is 4.90 Å². The summed E-state index contributed by atoms with van der Waals surface area (Å²) < 4.78 is 27.1. The van der Waals surface area contributed by atoms with E-state index in [0.29, 0.717) is 30.8 Å². The molecule has 2 aromatic carbocycles. The third-order valence-corrected chi connectivity index (χ3v) is 8.74. The van der Waals surface area contributed by atoms with Crippen LogP contribution in [-0.4, -0.2) is 69.3 Å². The van der Waals surface area contributed by atoms with Crippen LogP contribution in [0, 0.1) is 12.8 Å². The van der Waals surface area contributed by atoms with E-state index >= 15 is 0 Å². The minimum Gasteiger partial charge on any atom is -0.369 e. The van der Waals surface area contributed by atoms with Crippen LogP contribution in [-0.2, 0) is 14.8 Å².